The Labute approximate surface area is 287 Å². The number of likely N-dealkylation sites (N-methyl/N-ethyl adjacent to an activating group) is 1. The number of fused-ring (bicyclic) bond motifs is 2. The molecule has 2 N–H and O–H groups in total. The maximum absolute atomic E-state index is 14.1. The molecule has 5 aliphatic carbocycles. The molecule has 268 valence electrons. The first-order valence-electron chi connectivity index (χ1n) is 17.9. The predicted molar refractivity (Wildman–Crippen MR) is 174 cm³/mol. The fourth-order valence-corrected chi connectivity index (χ4v) is 13.2. The van der Waals surface area contributed by atoms with Crippen LogP contribution in [-0.4, -0.2) is 123 Å². The number of amides is 2. The number of ether oxygens (including phenoxy) is 5. The van der Waals surface area contributed by atoms with E-state index in [0.717, 1.165) is 11.3 Å². The lowest BCUT2D eigenvalue weighted by molar-refractivity contribution is -0.320. The maximum atomic E-state index is 14.1. The molecule has 11 unspecified atom stereocenters. The van der Waals surface area contributed by atoms with Crippen molar-refractivity contribution >= 4 is 23.5 Å². The Bertz CT molecular complexity index is 1560. The monoisotopic (exact) mass is 682 g/mol. The number of anilines is 1. The molecule has 8 rings (SSSR count). The number of nitrogens with zero attached hydrogens (tertiary/aromatic N) is 2. The van der Waals surface area contributed by atoms with Gasteiger partial charge in [0.05, 0.1) is 48.3 Å². The molecule has 7 fully saturated rings. The zero-order valence-corrected chi connectivity index (χ0v) is 29.3. The predicted octanol–water partition coefficient (Wildman–Crippen LogP) is 2.04. The van der Waals surface area contributed by atoms with Crippen LogP contribution in [0.15, 0.2) is 24.3 Å². The van der Waals surface area contributed by atoms with Gasteiger partial charge in [0.25, 0.3) is 0 Å². The quantitative estimate of drug-likeness (QED) is 0.292. The van der Waals surface area contributed by atoms with Gasteiger partial charge in [0.2, 0.25) is 11.8 Å². The fourth-order valence-electron chi connectivity index (χ4n) is 13.2. The van der Waals surface area contributed by atoms with Gasteiger partial charge in [-0.3, -0.25) is 14.5 Å². The van der Waals surface area contributed by atoms with Crippen molar-refractivity contribution in [1.82, 2.24) is 4.90 Å². The van der Waals surface area contributed by atoms with Gasteiger partial charge in [-0.15, -0.1) is 0 Å². The van der Waals surface area contributed by atoms with E-state index in [1.54, 1.807) is 59.6 Å². The summed E-state index contributed by atoms with van der Waals surface area (Å²) in [6.45, 7) is 4.95. The van der Waals surface area contributed by atoms with E-state index < -0.39 is 46.1 Å². The van der Waals surface area contributed by atoms with E-state index in [1.807, 2.05) is 0 Å². The average molecular weight is 683 g/mol. The molecular formula is C37H50N2O10. The van der Waals surface area contributed by atoms with Crippen molar-refractivity contribution in [3.8, 4) is 0 Å². The minimum absolute atomic E-state index is 0.0358. The topological polar surface area (TPSA) is 144 Å². The van der Waals surface area contributed by atoms with Crippen molar-refractivity contribution in [2.75, 3.05) is 53.0 Å². The SMILES string of the molecule is CCN1CC2(COC(=O)c3ccccc3N3C(=O)CC(C)C3=O)CCC(OC)C34C5CC6C(OC)C[C@@](O)(C5C6OC)[C@@](O)(C13)[C@@H](OC)C24. The highest BCUT2D eigenvalue weighted by Gasteiger charge is 2.91. The number of piperidine rings is 1. The minimum Gasteiger partial charge on any atom is -0.461 e. The summed E-state index contributed by atoms with van der Waals surface area (Å²) < 4.78 is 31.4. The molecule has 5 saturated carbocycles. The molecule has 14 atom stereocenters. The van der Waals surface area contributed by atoms with Gasteiger partial charge in [-0.25, -0.2) is 9.69 Å². The average Bonchev–Trinajstić information content (AvgIpc) is 3.63. The van der Waals surface area contributed by atoms with Crippen LogP contribution in [0.2, 0.25) is 0 Å². The Morgan fingerprint density at radius 2 is 1.80 bits per heavy atom. The van der Waals surface area contributed by atoms with Crippen molar-refractivity contribution in [1.29, 1.82) is 0 Å². The van der Waals surface area contributed by atoms with E-state index in [9.17, 15) is 24.6 Å². The summed E-state index contributed by atoms with van der Waals surface area (Å²) in [6.07, 6.45) is 0.813. The lowest BCUT2D eigenvalue weighted by Gasteiger charge is -2.70. The number of carbonyl (C=O) groups excluding carboxylic acids is 3. The van der Waals surface area contributed by atoms with Crippen LogP contribution >= 0.6 is 0 Å². The molecule has 7 aliphatic rings. The first-order chi connectivity index (χ1) is 23.4. The number of methoxy groups -OCH3 is 4. The fraction of sp³-hybridized carbons (Fsp3) is 0.757. The number of benzene rings is 1. The van der Waals surface area contributed by atoms with E-state index >= 15 is 0 Å². The molecule has 12 nitrogen and oxygen atoms in total. The van der Waals surface area contributed by atoms with Gasteiger partial charge in [-0.05, 0) is 43.9 Å². The van der Waals surface area contributed by atoms with Crippen LogP contribution in [0.3, 0.4) is 0 Å². The molecule has 0 radical (unpaired) electrons. The number of rotatable bonds is 9. The Morgan fingerprint density at radius 3 is 2.43 bits per heavy atom. The summed E-state index contributed by atoms with van der Waals surface area (Å²) in [7, 11) is 6.70. The lowest BCUT2D eigenvalue weighted by atomic mass is 9.42. The van der Waals surface area contributed by atoms with Crippen molar-refractivity contribution in [2.45, 2.75) is 87.6 Å². The standard InChI is InChI=1S/C37H50N2O10/c1-7-38-17-34(18-49-32(42)20-10-8-9-11-23(20)39-26(40)14-19(2)31(39)41)13-12-25(46-4)36-22-15-21-24(45-3)16-35(43,27(22)28(21)47-5)37(44,33(36)38)30(48-6)29(34)36/h8-11,19,21-22,24-25,27-30,33,43-44H,7,12-18H2,1-6H3/t19?,21?,22?,24?,25?,27?,28?,29?,30-,33?,34?,35+,36?,37-/m0/s1. The van der Waals surface area contributed by atoms with Gasteiger partial charge in [0.15, 0.2) is 0 Å². The summed E-state index contributed by atoms with van der Waals surface area (Å²) in [5.74, 6) is -2.47. The second kappa shape index (κ2) is 11.3. The molecule has 1 aromatic rings. The van der Waals surface area contributed by atoms with Gasteiger partial charge in [0.1, 0.15) is 11.2 Å². The summed E-state index contributed by atoms with van der Waals surface area (Å²) in [5.41, 5.74) is -4.17. The highest BCUT2D eigenvalue weighted by atomic mass is 16.5. The van der Waals surface area contributed by atoms with Gasteiger partial charge < -0.3 is 33.9 Å². The van der Waals surface area contributed by atoms with Crippen LogP contribution in [0, 0.1) is 40.4 Å². The second-order valence-electron chi connectivity index (χ2n) is 16.0. The van der Waals surface area contributed by atoms with E-state index in [0.29, 0.717) is 25.9 Å². The number of hydrogen-bond donors (Lipinski definition) is 2. The molecule has 49 heavy (non-hydrogen) atoms. The van der Waals surface area contributed by atoms with E-state index in [-0.39, 0.29) is 84.5 Å². The molecule has 2 aliphatic heterocycles. The molecule has 2 heterocycles. The number of carbonyl (C=O) groups is 3. The maximum Gasteiger partial charge on any atom is 0.340 e. The normalized spacial score (nSPS) is 48.0. The van der Waals surface area contributed by atoms with E-state index in [2.05, 4.69) is 11.8 Å². The summed E-state index contributed by atoms with van der Waals surface area (Å²) in [6, 6.07) is 6.12. The van der Waals surface area contributed by atoms with Crippen molar-refractivity contribution in [3.63, 3.8) is 0 Å². The molecule has 2 saturated heterocycles. The third kappa shape index (κ3) is 3.86. The number of aliphatic hydroxyl groups is 2. The third-order valence-corrected chi connectivity index (χ3v) is 14.5. The summed E-state index contributed by atoms with van der Waals surface area (Å²) in [5, 5.41) is 26.6. The summed E-state index contributed by atoms with van der Waals surface area (Å²) >= 11 is 0. The molecule has 1 spiro atoms. The van der Waals surface area contributed by atoms with Gasteiger partial charge in [-0.2, -0.15) is 0 Å². The Morgan fingerprint density at radius 1 is 1.04 bits per heavy atom. The van der Waals surface area contributed by atoms with Gasteiger partial charge in [0, 0.05) is 82.3 Å². The second-order valence-corrected chi connectivity index (χ2v) is 16.0. The Kier molecular flexibility index (Phi) is 7.75. The van der Waals surface area contributed by atoms with Crippen LogP contribution in [0.25, 0.3) is 0 Å². The van der Waals surface area contributed by atoms with Crippen molar-refractivity contribution in [3.05, 3.63) is 29.8 Å². The first-order valence-corrected chi connectivity index (χ1v) is 17.9. The number of hydrogen-bond acceptors (Lipinski definition) is 11. The van der Waals surface area contributed by atoms with E-state index in [4.69, 9.17) is 23.7 Å². The molecule has 1 aromatic carbocycles. The molecular weight excluding hydrogens is 632 g/mol. The molecule has 0 aromatic heterocycles. The van der Waals surface area contributed by atoms with Crippen LogP contribution in [-0.2, 0) is 33.3 Å². The number of esters is 1. The number of imide groups is 1. The number of likely N-dealkylation sites (tertiary alicyclic amines) is 1. The summed E-state index contributed by atoms with van der Waals surface area (Å²) in [4.78, 5) is 43.3. The zero-order valence-electron chi connectivity index (χ0n) is 29.3. The first kappa shape index (κ1) is 33.7. The van der Waals surface area contributed by atoms with Crippen LogP contribution in [0.4, 0.5) is 5.69 Å². The Hall–Kier alpha value is -2.45. The largest absolute Gasteiger partial charge is 0.461 e. The van der Waals surface area contributed by atoms with Crippen LogP contribution in [0.5, 0.6) is 0 Å². The smallest absolute Gasteiger partial charge is 0.340 e. The minimum atomic E-state index is -1.70. The van der Waals surface area contributed by atoms with Crippen molar-refractivity contribution < 1.29 is 48.3 Å². The van der Waals surface area contributed by atoms with E-state index in [1.165, 1.54) is 0 Å². The van der Waals surface area contributed by atoms with Gasteiger partial charge in [-0.1, -0.05) is 26.0 Å². The zero-order chi connectivity index (χ0) is 34.8. The molecule has 7 bridgehead atoms. The molecule has 2 amide bonds. The lowest BCUT2D eigenvalue weighted by Crippen LogP contribution is -2.82. The van der Waals surface area contributed by atoms with Crippen molar-refractivity contribution in [2.24, 2.45) is 40.4 Å². The molecule has 12 heteroatoms. The van der Waals surface area contributed by atoms with Crippen LogP contribution in [0.1, 0.15) is 56.3 Å². The highest BCUT2D eigenvalue weighted by molar-refractivity contribution is 6.22. The number of para-hydroxylation sites is 1. The van der Waals surface area contributed by atoms with Gasteiger partial charge >= 0.3 is 5.97 Å². The Balaban J connectivity index is 1.23. The third-order valence-electron chi connectivity index (χ3n) is 14.5. The van der Waals surface area contributed by atoms with Crippen LogP contribution < -0.4 is 4.90 Å². The highest BCUT2D eigenvalue weighted by Crippen LogP contribution is 2.80.